The van der Waals surface area contributed by atoms with Gasteiger partial charge in [0.1, 0.15) is 30.5 Å². The fourth-order valence-electron chi connectivity index (χ4n) is 2.25. The Morgan fingerprint density at radius 3 is 2.69 bits per heavy atom. The summed E-state index contributed by atoms with van der Waals surface area (Å²) in [6, 6.07) is 0. The minimum absolute atomic E-state index is 0.205. The number of hydrogen-bond donors (Lipinski definition) is 2. The second kappa shape index (κ2) is 3.40. The first-order valence-electron chi connectivity index (χ1n) is 5.45. The number of epoxide rings is 2. The number of cyclic esters (lactones) is 1. The molecular weight excluding hydrogens is 216 g/mol. The molecular formula is C10H14O6. The molecule has 0 aromatic rings. The maximum absolute atomic E-state index is 11.5. The van der Waals surface area contributed by atoms with Gasteiger partial charge in [-0.3, -0.25) is 0 Å². The molecule has 0 amide bonds. The van der Waals surface area contributed by atoms with Crippen molar-refractivity contribution in [1.82, 2.24) is 0 Å². The predicted octanol–water partition coefficient (Wildman–Crippen LogP) is -1.42. The maximum Gasteiger partial charge on any atom is 0.338 e. The van der Waals surface area contributed by atoms with Crippen LogP contribution >= 0.6 is 0 Å². The van der Waals surface area contributed by atoms with Crippen molar-refractivity contribution in [3.63, 3.8) is 0 Å². The van der Waals surface area contributed by atoms with Gasteiger partial charge in [-0.1, -0.05) is 0 Å². The highest BCUT2D eigenvalue weighted by molar-refractivity contribution is 5.78. The number of aliphatic hydroxyl groups is 2. The Hall–Kier alpha value is -0.690. The normalized spacial score (nSPS) is 55.7. The lowest BCUT2D eigenvalue weighted by atomic mass is 10.0. The van der Waals surface area contributed by atoms with Crippen LogP contribution in [0.4, 0.5) is 0 Å². The zero-order valence-corrected chi connectivity index (χ0v) is 8.78. The van der Waals surface area contributed by atoms with E-state index in [4.69, 9.17) is 14.2 Å². The Balaban J connectivity index is 1.75. The number of ether oxygens (including phenoxy) is 3. The minimum Gasteiger partial charge on any atom is -0.461 e. The fourth-order valence-corrected chi connectivity index (χ4v) is 2.25. The molecule has 0 spiro atoms. The van der Waals surface area contributed by atoms with Gasteiger partial charge in [0.25, 0.3) is 0 Å². The average molecular weight is 230 g/mol. The molecule has 4 unspecified atom stereocenters. The Morgan fingerprint density at radius 2 is 1.94 bits per heavy atom. The molecule has 3 heterocycles. The minimum atomic E-state index is -0.937. The molecule has 0 aliphatic carbocycles. The number of rotatable bonds is 0. The van der Waals surface area contributed by atoms with E-state index in [2.05, 4.69) is 0 Å². The molecule has 16 heavy (non-hydrogen) atoms. The van der Waals surface area contributed by atoms with Gasteiger partial charge in [-0.05, 0) is 6.92 Å². The molecule has 6 heteroatoms. The highest BCUT2D eigenvalue weighted by Crippen LogP contribution is 2.42. The number of carbonyl (C=O) groups excluding carboxylic acids is 1. The van der Waals surface area contributed by atoms with Gasteiger partial charge in [0.2, 0.25) is 0 Å². The van der Waals surface area contributed by atoms with Crippen LogP contribution in [-0.4, -0.2) is 58.9 Å². The van der Waals surface area contributed by atoms with Crippen molar-refractivity contribution in [1.29, 1.82) is 0 Å². The Morgan fingerprint density at radius 1 is 1.19 bits per heavy atom. The first-order valence-corrected chi connectivity index (χ1v) is 5.45. The lowest BCUT2D eigenvalue weighted by Gasteiger charge is -2.20. The summed E-state index contributed by atoms with van der Waals surface area (Å²) in [5.74, 6) is -0.407. The molecule has 3 fully saturated rings. The number of carbonyl (C=O) groups is 1. The summed E-state index contributed by atoms with van der Waals surface area (Å²) in [4.78, 5) is 11.5. The molecule has 6 nitrogen and oxygen atoms in total. The van der Waals surface area contributed by atoms with Crippen LogP contribution in [0.2, 0.25) is 0 Å². The molecule has 90 valence electrons. The van der Waals surface area contributed by atoms with Crippen LogP contribution in [0.5, 0.6) is 0 Å². The van der Waals surface area contributed by atoms with Crippen molar-refractivity contribution in [3.05, 3.63) is 0 Å². The molecule has 3 aliphatic heterocycles. The summed E-state index contributed by atoms with van der Waals surface area (Å²) in [5, 5.41) is 19.4. The molecule has 0 bridgehead atoms. The van der Waals surface area contributed by atoms with Gasteiger partial charge in [0.05, 0.1) is 6.10 Å². The van der Waals surface area contributed by atoms with Crippen molar-refractivity contribution in [2.75, 3.05) is 0 Å². The lowest BCUT2D eigenvalue weighted by Crippen LogP contribution is -2.37. The monoisotopic (exact) mass is 230 g/mol. The van der Waals surface area contributed by atoms with Crippen molar-refractivity contribution in [3.8, 4) is 0 Å². The summed E-state index contributed by atoms with van der Waals surface area (Å²) in [7, 11) is 0. The highest BCUT2D eigenvalue weighted by Gasteiger charge is 2.63. The van der Waals surface area contributed by atoms with Crippen LogP contribution in [0.25, 0.3) is 0 Å². The van der Waals surface area contributed by atoms with Crippen molar-refractivity contribution in [2.24, 2.45) is 0 Å². The molecule has 3 aliphatic rings. The first-order chi connectivity index (χ1) is 7.58. The number of hydrogen-bond acceptors (Lipinski definition) is 6. The van der Waals surface area contributed by atoms with E-state index >= 15 is 0 Å². The standard InChI is InChI=1S/C10H14O6/c1-3-2-4(11)5(12)6-7(15-6)8-9(16-8)10(13)14-3/h3-9,11-12H,2H2,1H3/t3-,4-,5-,6?,7?,8?,9?/m1/s1. The van der Waals surface area contributed by atoms with Crippen molar-refractivity contribution >= 4 is 5.97 Å². The second-order valence-electron chi connectivity index (χ2n) is 4.63. The van der Waals surface area contributed by atoms with E-state index in [9.17, 15) is 15.0 Å². The molecule has 0 radical (unpaired) electrons. The van der Waals surface area contributed by atoms with Crippen LogP contribution in [0.3, 0.4) is 0 Å². The molecule has 7 atom stereocenters. The van der Waals surface area contributed by atoms with Crippen LogP contribution in [0.1, 0.15) is 13.3 Å². The third-order valence-electron chi connectivity index (χ3n) is 3.26. The van der Waals surface area contributed by atoms with Crippen molar-refractivity contribution < 1.29 is 29.2 Å². The quantitative estimate of drug-likeness (QED) is 0.392. The topological polar surface area (TPSA) is 91.8 Å². The molecule has 0 aromatic carbocycles. The third-order valence-corrected chi connectivity index (χ3v) is 3.26. The van der Waals surface area contributed by atoms with Crippen LogP contribution in [-0.2, 0) is 19.0 Å². The second-order valence-corrected chi connectivity index (χ2v) is 4.63. The summed E-state index contributed by atoms with van der Waals surface area (Å²) < 4.78 is 15.5. The van der Waals surface area contributed by atoms with Gasteiger partial charge in [-0.15, -0.1) is 0 Å². The highest BCUT2D eigenvalue weighted by atomic mass is 16.7. The number of esters is 1. The van der Waals surface area contributed by atoms with E-state index in [0.717, 1.165) is 0 Å². The Bertz CT molecular complexity index is 316. The average Bonchev–Trinajstić information content (AvgIpc) is 3.06. The van der Waals surface area contributed by atoms with E-state index in [0.29, 0.717) is 0 Å². The molecule has 2 N–H and O–H groups in total. The van der Waals surface area contributed by atoms with E-state index in [1.165, 1.54) is 0 Å². The summed E-state index contributed by atoms with van der Waals surface area (Å²) >= 11 is 0. The van der Waals surface area contributed by atoms with Crippen LogP contribution < -0.4 is 0 Å². The van der Waals surface area contributed by atoms with E-state index in [-0.39, 0.29) is 18.6 Å². The van der Waals surface area contributed by atoms with E-state index in [1.807, 2.05) is 0 Å². The molecule has 3 saturated heterocycles. The zero-order chi connectivity index (χ0) is 11.4. The van der Waals surface area contributed by atoms with E-state index in [1.54, 1.807) is 6.92 Å². The lowest BCUT2D eigenvalue weighted by molar-refractivity contribution is -0.152. The van der Waals surface area contributed by atoms with Crippen LogP contribution in [0, 0.1) is 0 Å². The van der Waals surface area contributed by atoms with E-state index < -0.39 is 36.5 Å². The van der Waals surface area contributed by atoms with Crippen LogP contribution in [0.15, 0.2) is 0 Å². The largest absolute Gasteiger partial charge is 0.461 e. The molecule has 0 saturated carbocycles. The molecule has 0 aromatic heterocycles. The van der Waals surface area contributed by atoms with Gasteiger partial charge in [-0.2, -0.15) is 0 Å². The zero-order valence-electron chi connectivity index (χ0n) is 8.78. The Kier molecular flexibility index (Phi) is 2.22. The van der Waals surface area contributed by atoms with Gasteiger partial charge in [-0.25, -0.2) is 4.79 Å². The first kappa shape index (κ1) is 10.5. The fraction of sp³-hybridized carbons (Fsp3) is 0.900. The number of fused-ring (bicyclic) bond motifs is 3. The molecule has 3 rings (SSSR count). The SMILES string of the molecule is C[C@@H]1C[C@@H](O)[C@@H](O)C2OC2C2OC2C(=O)O1. The van der Waals surface area contributed by atoms with Gasteiger partial charge in [0.15, 0.2) is 6.10 Å². The predicted molar refractivity (Wildman–Crippen MR) is 49.5 cm³/mol. The smallest absolute Gasteiger partial charge is 0.338 e. The summed E-state index contributed by atoms with van der Waals surface area (Å²) in [5.41, 5.74) is 0. The Labute approximate surface area is 92.1 Å². The third kappa shape index (κ3) is 1.62. The maximum atomic E-state index is 11.5. The van der Waals surface area contributed by atoms with Gasteiger partial charge < -0.3 is 24.4 Å². The summed E-state index contributed by atoms with van der Waals surface area (Å²) in [6.45, 7) is 1.68. The summed E-state index contributed by atoms with van der Waals surface area (Å²) in [6.07, 6.45) is -3.67. The number of aliphatic hydroxyl groups excluding tert-OH is 2. The van der Waals surface area contributed by atoms with Gasteiger partial charge in [0, 0.05) is 6.42 Å². The van der Waals surface area contributed by atoms with Gasteiger partial charge >= 0.3 is 5.97 Å². The van der Waals surface area contributed by atoms with Crippen molar-refractivity contribution in [2.45, 2.75) is 56.1 Å².